The van der Waals surface area contributed by atoms with E-state index in [2.05, 4.69) is 0 Å². The fourth-order valence-electron chi connectivity index (χ4n) is 1.11. The Balaban J connectivity index is 3.24. The summed E-state index contributed by atoms with van der Waals surface area (Å²) in [6.45, 7) is 3.37. The van der Waals surface area contributed by atoms with Gasteiger partial charge in [-0.1, -0.05) is 24.6 Å². The van der Waals surface area contributed by atoms with Crippen LogP contribution in [-0.4, -0.2) is 18.6 Å². The largest absolute Gasteiger partial charge is 0.363 e. The minimum Gasteiger partial charge on any atom is -0.363 e. The molecule has 15 heavy (non-hydrogen) atoms. The number of aliphatic hydroxyl groups is 1. The molecule has 1 atom stereocenters. The van der Waals surface area contributed by atoms with Crippen LogP contribution >= 0.6 is 0 Å². The normalized spacial score (nSPS) is 16.0. The summed E-state index contributed by atoms with van der Waals surface area (Å²) in [4.78, 5) is 0.0416. The van der Waals surface area contributed by atoms with E-state index < -0.39 is 14.9 Å². The molecule has 1 aromatic rings. The fourth-order valence-corrected chi connectivity index (χ4v) is 2.39. The Kier molecular flexibility index (Phi) is 3.18. The first kappa shape index (κ1) is 12.2. The van der Waals surface area contributed by atoms with Crippen LogP contribution in [0.3, 0.4) is 0 Å². The van der Waals surface area contributed by atoms with Crippen molar-refractivity contribution in [3.8, 4) is 0 Å². The van der Waals surface area contributed by atoms with Crippen molar-refractivity contribution in [2.75, 3.05) is 0 Å². The third-order valence-corrected chi connectivity index (χ3v) is 4.42. The van der Waals surface area contributed by atoms with Gasteiger partial charge in [0.25, 0.3) is 0 Å². The quantitative estimate of drug-likeness (QED) is 0.751. The van der Waals surface area contributed by atoms with E-state index in [0.29, 0.717) is 0 Å². The van der Waals surface area contributed by atoms with Crippen LogP contribution in [0, 0.1) is 6.92 Å². The van der Waals surface area contributed by atoms with Crippen LogP contribution in [0.15, 0.2) is 29.2 Å². The van der Waals surface area contributed by atoms with Crippen molar-refractivity contribution in [2.24, 2.45) is 5.73 Å². The van der Waals surface area contributed by atoms with E-state index in [0.717, 1.165) is 5.56 Å². The van der Waals surface area contributed by atoms with E-state index in [-0.39, 0.29) is 11.3 Å². The fraction of sp³-hybridized carbons (Fsp3) is 0.400. The van der Waals surface area contributed by atoms with Gasteiger partial charge in [0.05, 0.1) is 4.90 Å². The van der Waals surface area contributed by atoms with Crippen LogP contribution in [0.2, 0.25) is 0 Å². The second kappa shape index (κ2) is 3.92. The highest BCUT2D eigenvalue weighted by Gasteiger charge is 2.37. The van der Waals surface area contributed by atoms with Crippen molar-refractivity contribution in [2.45, 2.75) is 30.2 Å². The van der Waals surface area contributed by atoms with Crippen molar-refractivity contribution in [1.82, 2.24) is 0 Å². The first-order chi connectivity index (χ1) is 6.81. The van der Waals surface area contributed by atoms with E-state index >= 15 is 0 Å². The molecule has 0 saturated heterocycles. The molecule has 0 spiro atoms. The van der Waals surface area contributed by atoms with Crippen molar-refractivity contribution in [3.63, 3.8) is 0 Å². The van der Waals surface area contributed by atoms with Crippen LogP contribution in [0.25, 0.3) is 0 Å². The number of hydrogen-bond donors (Lipinski definition) is 2. The van der Waals surface area contributed by atoms with Gasteiger partial charge in [0.15, 0.2) is 0 Å². The standard InChI is InChI=1S/C10H15NO3S/c1-3-10(11,12)15(13,14)9-6-4-8(2)5-7-9/h4-7,12H,3,11H2,1-2H3. The van der Waals surface area contributed by atoms with Gasteiger partial charge in [0, 0.05) is 6.42 Å². The Labute approximate surface area is 89.7 Å². The molecule has 1 aromatic carbocycles. The maximum atomic E-state index is 11.8. The molecule has 0 radical (unpaired) electrons. The molecular weight excluding hydrogens is 214 g/mol. The van der Waals surface area contributed by atoms with Gasteiger partial charge >= 0.3 is 0 Å². The maximum absolute atomic E-state index is 11.8. The lowest BCUT2D eigenvalue weighted by molar-refractivity contribution is 0.127. The van der Waals surface area contributed by atoms with Crippen molar-refractivity contribution in [1.29, 1.82) is 0 Å². The summed E-state index contributed by atoms with van der Waals surface area (Å²) >= 11 is 0. The first-order valence-electron chi connectivity index (χ1n) is 4.64. The molecule has 0 aromatic heterocycles. The van der Waals surface area contributed by atoms with Crippen LogP contribution in [0.4, 0.5) is 0 Å². The Bertz CT molecular complexity index is 434. The lowest BCUT2D eigenvalue weighted by atomic mass is 10.2. The lowest BCUT2D eigenvalue weighted by Gasteiger charge is -2.21. The van der Waals surface area contributed by atoms with Gasteiger partial charge in [-0.25, -0.2) is 8.42 Å². The maximum Gasteiger partial charge on any atom is 0.222 e. The summed E-state index contributed by atoms with van der Waals surface area (Å²) in [7, 11) is -3.87. The molecule has 0 heterocycles. The predicted octanol–water partition coefficient (Wildman–Crippen LogP) is 0.784. The summed E-state index contributed by atoms with van der Waals surface area (Å²) in [5.41, 5.74) is 6.28. The number of sulfone groups is 1. The summed E-state index contributed by atoms with van der Waals surface area (Å²) < 4.78 is 23.6. The second-order valence-electron chi connectivity index (χ2n) is 3.51. The van der Waals surface area contributed by atoms with E-state index in [1.165, 1.54) is 19.1 Å². The summed E-state index contributed by atoms with van der Waals surface area (Å²) in [5.74, 6) is 0. The molecule has 0 fully saturated rings. The molecule has 0 bridgehead atoms. The molecule has 5 heteroatoms. The Morgan fingerprint density at radius 2 is 1.80 bits per heavy atom. The van der Waals surface area contributed by atoms with Crippen molar-refractivity contribution < 1.29 is 13.5 Å². The van der Waals surface area contributed by atoms with Crippen molar-refractivity contribution >= 4 is 9.84 Å². The highest BCUT2D eigenvalue weighted by atomic mass is 32.2. The van der Waals surface area contributed by atoms with E-state index in [4.69, 9.17) is 5.73 Å². The van der Waals surface area contributed by atoms with Crippen LogP contribution in [-0.2, 0) is 9.84 Å². The molecule has 3 N–H and O–H groups in total. The van der Waals surface area contributed by atoms with E-state index in [1.807, 2.05) is 6.92 Å². The molecule has 84 valence electrons. The van der Waals surface area contributed by atoms with E-state index in [1.54, 1.807) is 12.1 Å². The number of nitrogens with two attached hydrogens (primary N) is 1. The Morgan fingerprint density at radius 1 is 1.33 bits per heavy atom. The Morgan fingerprint density at radius 3 is 2.20 bits per heavy atom. The monoisotopic (exact) mass is 229 g/mol. The third kappa shape index (κ3) is 2.19. The van der Waals surface area contributed by atoms with Gasteiger partial charge in [-0.15, -0.1) is 0 Å². The highest BCUT2D eigenvalue weighted by Crippen LogP contribution is 2.22. The number of aryl methyl sites for hydroxylation is 1. The first-order valence-corrected chi connectivity index (χ1v) is 6.12. The average Bonchev–Trinajstić information content (AvgIpc) is 2.18. The highest BCUT2D eigenvalue weighted by molar-refractivity contribution is 7.92. The number of hydrogen-bond acceptors (Lipinski definition) is 4. The predicted molar refractivity (Wildman–Crippen MR) is 57.8 cm³/mol. The van der Waals surface area contributed by atoms with Gasteiger partial charge < -0.3 is 5.11 Å². The lowest BCUT2D eigenvalue weighted by Crippen LogP contribution is -2.46. The van der Waals surface area contributed by atoms with Crippen LogP contribution in [0.5, 0.6) is 0 Å². The SMILES string of the molecule is CCC(N)(O)S(=O)(=O)c1ccc(C)cc1. The van der Waals surface area contributed by atoms with Gasteiger partial charge in [-0.2, -0.15) is 0 Å². The second-order valence-corrected chi connectivity index (χ2v) is 5.70. The Hall–Kier alpha value is -0.910. The number of rotatable bonds is 3. The van der Waals surface area contributed by atoms with Crippen molar-refractivity contribution in [3.05, 3.63) is 29.8 Å². The molecular formula is C10H15NO3S. The third-order valence-electron chi connectivity index (χ3n) is 2.30. The molecule has 0 aliphatic rings. The smallest absolute Gasteiger partial charge is 0.222 e. The zero-order chi connectivity index (χ0) is 11.7. The van der Waals surface area contributed by atoms with Gasteiger partial charge in [-0.3, -0.25) is 5.73 Å². The van der Waals surface area contributed by atoms with E-state index in [9.17, 15) is 13.5 Å². The number of benzene rings is 1. The summed E-state index contributed by atoms with van der Waals surface area (Å²) in [6, 6.07) is 6.22. The molecule has 0 saturated carbocycles. The molecule has 4 nitrogen and oxygen atoms in total. The summed E-state index contributed by atoms with van der Waals surface area (Å²) in [5, 5.41) is 7.37. The molecule has 0 amide bonds. The topological polar surface area (TPSA) is 80.4 Å². The molecule has 0 aliphatic carbocycles. The van der Waals surface area contributed by atoms with Crippen LogP contribution in [0.1, 0.15) is 18.9 Å². The minimum atomic E-state index is -3.87. The van der Waals surface area contributed by atoms with Gasteiger partial charge in [-0.05, 0) is 19.1 Å². The molecule has 1 rings (SSSR count). The van der Waals surface area contributed by atoms with Gasteiger partial charge in [0.1, 0.15) is 0 Å². The zero-order valence-corrected chi connectivity index (χ0v) is 9.58. The van der Waals surface area contributed by atoms with Gasteiger partial charge in [0.2, 0.25) is 14.9 Å². The molecule has 1 unspecified atom stereocenters. The zero-order valence-electron chi connectivity index (χ0n) is 8.77. The summed E-state index contributed by atoms with van der Waals surface area (Å²) in [6.07, 6.45) is -0.0524. The molecule has 0 aliphatic heterocycles. The average molecular weight is 229 g/mol. The van der Waals surface area contributed by atoms with Crippen LogP contribution < -0.4 is 5.73 Å². The minimum absolute atomic E-state index is 0.0416.